The van der Waals surface area contributed by atoms with Gasteiger partial charge in [-0.2, -0.15) is 35.7 Å². The van der Waals surface area contributed by atoms with Gasteiger partial charge in [0.25, 0.3) is 0 Å². The van der Waals surface area contributed by atoms with Gasteiger partial charge < -0.3 is 14.1 Å². The Kier molecular flexibility index (Phi) is 36.6. The van der Waals surface area contributed by atoms with Crippen LogP contribution in [0.25, 0.3) is 79.3 Å². The first-order valence-corrected chi connectivity index (χ1v) is 46.8. The van der Waals surface area contributed by atoms with Crippen LogP contribution in [-0.4, -0.2) is 128 Å². The summed E-state index contributed by atoms with van der Waals surface area (Å²) in [6, 6.07) is 104. The van der Waals surface area contributed by atoms with Crippen molar-refractivity contribution >= 4 is 133 Å². The number of benzene rings is 11. The standard InChI is InChI=1S/C18H19N3S.C17H17N3S.C15H13N3S.C13H10N2S.C12H15N3S.C9H9N3S.C8H7N3S.C4H7N3S.C3H5N3S2/c1-13-10-14(2)12-16(11-13)17-19-20-18(22)21(17)9-8-15-6-4-3-5-7-15;1-13-7-9-15(10-8-13)16-18-19-17(21)20(16)12-11-14-5-3-2-4-6-14;19-15-17-16-14(13-9-5-2-6-10-13)18(15)11-12-7-3-1-4-8-12;16-13-14-11-8-4-5-9-12(11)15(13)10-6-2-1-3-7-10;1-12(2,3)15-10(13-14-11(15)16)9-7-5-4-6-8-9;1-12-8(10-11-9(12)13)7-5-3-2-4-6-7;12-8-10-9-6-11(8)7-4-2-1-3-5-7;1-3-5-6-4(8)7(3)2;1-6-2(7)4-5-3(6)8/h3-7,10-12H,8-9H2,1-2H3,(H,20,22);2-10H,11-12H2,1H3,(H,19,21);1-10H,11H2,(H,17,19);1-9H,(H,14,16);4-8H,1-3H3,(H,14,16);2-6H,1H3,(H,11,13);1-6H,(H,10,12);1-2H3,(H,6,8);1H3,(H,4,7)(H,5,8). The van der Waals surface area contributed by atoms with Gasteiger partial charge in [-0.05, 0) is 249 Å². The third-order valence-corrected chi connectivity index (χ3v) is 23.9. The van der Waals surface area contributed by atoms with Crippen LogP contribution >= 0.6 is 122 Å². The molecular formula is C99H102N26S10. The molecule has 0 aliphatic heterocycles. The summed E-state index contributed by atoms with van der Waals surface area (Å²) in [5.74, 6) is 5.34. The molecule has 0 spiro atoms. The van der Waals surface area contributed by atoms with Crippen molar-refractivity contribution in [2.24, 2.45) is 21.1 Å². The van der Waals surface area contributed by atoms with Crippen molar-refractivity contribution in [2.75, 3.05) is 0 Å². The molecule has 0 saturated heterocycles. The molecule has 688 valence electrons. The van der Waals surface area contributed by atoms with Crippen LogP contribution in [0.4, 0.5) is 0 Å². The van der Waals surface area contributed by atoms with Gasteiger partial charge in [0, 0.05) is 79.0 Å². The Balaban J connectivity index is 0.000000139. The third-order valence-electron chi connectivity index (χ3n) is 20.7. The van der Waals surface area contributed by atoms with Gasteiger partial charge >= 0.3 is 0 Å². The summed E-state index contributed by atoms with van der Waals surface area (Å²) in [6.45, 7) is 16.9. The van der Waals surface area contributed by atoms with Gasteiger partial charge in [0.1, 0.15) is 12.2 Å². The maximum atomic E-state index is 5.40. The van der Waals surface area contributed by atoms with E-state index in [1.165, 1.54) is 33.4 Å². The van der Waals surface area contributed by atoms with Crippen LogP contribution in [0.1, 0.15) is 60.0 Å². The van der Waals surface area contributed by atoms with Crippen LogP contribution in [0.5, 0.6) is 0 Å². The number of imidazole rings is 1. The van der Waals surface area contributed by atoms with E-state index in [0.717, 1.165) is 122 Å². The van der Waals surface area contributed by atoms with Crippen LogP contribution < -0.4 is 0 Å². The molecule has 9 aromatic heterocycles. The van der Waals surface area contributed by atoms with E-state index in [9.17, 15) is 0 Å². The number of nitrogens with zero attached hydrogens (tertiary/aromatic N) is 16. The molecule has 0 aliphatic rings. The maximum absolute atomic E-state index is 5.40. The molecular weight excluding hydrogens is 1870 g/mol. The van der Waals surface area contributed by atoms with E-state index >= 15 is 0 Å². The fourth-order valence-corrected chi connectivity index (χ4v) is 15.9. The summed E-state index contributed by atoms with van der Waals surface area (Å²) >= 11 is 51.1. The predicted molar refractivity (Wildman–Crippen MR) is 566 cm³/mol. The molecule has 20 aromatic rings. The summed E-state index contributed by atoms with van der Waals surface area (Å²) in [5.41, 5.74) is 17.1. The largest absolute Gasteiger partial charge is 0.330 e. The lowest BCUT2D eigenvalue weighted by Gasteiger charge is -2.22. The van der Waals surface area contributed by atoms with Crippen molar-refractivity contribution in [3.63, 3.8) is 0 Å². The third kappa shape index (κ3) is 28.2. The number of hydrogen-bond donors (Lipinski definition) is 10. The van der Waals surface area contributed by atoms with E-state index < -0.39 is 0 Å². The quantitative estimate of drug-likeness (QED) is 0.0427. The second-order valence-electron chi connectivity index (χ2n) is 31.6. The molecule has 20 rings (SSSR count). The Labute approximate surface area is 832 Å². The second kappa shape index (κ2) is 49.3. The number of aromatic amines is 10. The highest BCUT2D eigenvalue weighted by atomic mass is 32.1. The zero-order valence-electron chi connectivity index (χ0n) is 75.8. The molecule has 0 bridgehead atoms. The van der Waals surface area contributed by atoms with E-state index in [0.29, 0.717) is 42.9 Å². The lowest BCUT2D eigenvalue weighted by atomic mass is 10.1. The summed E-state index contributed by atoms with van der Waals surface area (Å²) in [7, 11) is 5.58. The van der Waals surface area contributed by atoms with Gasteiger partial charge in [0.2, 0.25) is 0 Å². The first kappa shape index (κ1) is 100. The number of aryl methyl sites for hydroxylation is 6. The van der Waals surface area contributed by atoms with E-state index in [-0.39, 0.29) is 5.54 Å². The Hall–Kier alpha value is -13.8. The molecule has 0 fully saturated rings. The molecule has 0 amide bonds. The van der Waals surface area contributed by atoms with Crippen molar-refractivity contribution in [3.8, 4) is 68.3 Å². The summed E-state index contributed by atoms with van der Waals surface area (Å²) in [6.07, 6.45) is 3.54. The Morgan fingerprint density at radius 3 is 1.10 bits per heavy atom. The average molecular weight is 1980 g/mol. The molecule has 9 heterocycles. The van der Waals surface area contributed by atoms with Gasteiger partial charge in [-0.1, -0.05) is 278 Å². The molecule has 11 aromatic carbocycles. The highest BCUT2D eigenvalue weighted by molar-refractivity contribution is 7.73. The highest BCUT2D eigenvalue weighted by Gasteiger charge is 2.21. The molecule has 0 atom stereocenters. The van der Waals surface area contributed by atoms with E-state index in [4.69, 9.17) is 122 Å². The fourth-order valence-electron chi connectivity index (χ4n) is 13.7. The normalized spacial score (nSPS) is 10.6. The lowest BCUT2D eigenvalue weighted by molar-refractivity contribution is 0.395. The minimum absolute atomic E-state index is 0.0741. The molecule has 0 unspecified atom stereocenters. The smallest absolute Gasteiger partial charge is 0.199 e. The van der Waals surface area contributed by atoms with Crippen LogP contribution in [-0.2, 0) is 59.2 Å². The Morgan fingerprint density at radius 1 is 0.296 bits per heavy atom. The lowest BCUT2D eigenvalue weighted by Crippen LogP contribution is -2.22. The van der Waals surface area contributed by atoms with Crippen LogP contribution in [0.3, 0.4) is 0 Å². The number of fused-ring (bicyclic) bond motifs is 1. The number of H-pyrrole nitrogens is 10. The van der Waals surface area contributed by atoms with Gasteiger partial charge in [-0.3, -0.25) is 77.9 Å². The van der Waals surface area contributed by atoms with Gasteiger partial charge in [0.15, 0.2) is 76.8 Å². The molecule has 26 nitrogen and oxygen atoms in total. The summed E-state index contributed by atoms with van der Waals surface area (Å²) in [5, 5.41) is 54.3. The van der Waals surface area contributed by atoms with Crippen LogP contribution in [0, 0.1) is 75.4 Å². The van der Waals surface area contributed by atoms with E-state index in [1.54, 1.807) is 17.9 Å². The number of rotatable bonds is 15. The number of nitrogens with one attached hydrogen (secondary N) is 10. The van der Waals surface area contributed by atoms with Crippen molar-refractivity contribution in [1.82, 2.24) is 128 Å². The van der Waals surface area contributed by atoms with Crippen molar-refractivity contribution < 1.29 is 0 Å². The molecule has 0 aliphatic carbocycles. The monoisotopic (exact) mass is 1970 g/mol. The Bertz CT molecular complexity index is 7720. The first-order valence-electron chi connectivity index (χ1n) is 42.7. The van der Waals surface area contributed by atoms with Crippen molar-refractivity contribution in [3.05, 3.63) is 403 Å². The zero-order chi connectivity index (χ0) is 95.9. The molecule has 135 heavy (non-hydrogen) atoms. The highest BCUT2D eigenvalue weighted by Crippen LogP contribution is 2.27. The minimum atomic E-state index is -0.0741. The maximum Gasteiger partial charge on any atom is 0.199 e. The topological polar surface area (TPSA) is 293 Å². The molecule has 10 N–H and O–H groups in total. The van der Waals surface area contributed by atoms with Gasteiger partial charge in [0.05, 0.1) is 17.6 Å². The Morgan fingerprint density at radius 2 is 0.674 bits per heavy atom. The van der Waals surface area contributed by atoms with E-state index in [2.05, 4.69) is 259 Å². The summed E-state index contributed by atoms with van der Waals surface area (Å²) in [4.78, 5) is 3.20. The fraction of sp³-hybridized carbons (Fsp3) is 0.162. The van der Waals surface area contributed by atoms with Crippen LogP contribution in [0.15, 0.2) is 316 Å². The predicted octanol–water partition coefficient (Wildman–Crippen LogP) is 25.3. The minimum Gasteiger partial charge on any atom is -0.330 e. The molecule has 36 heteroatoms. The van der Waals surface area contributed by atoms with Gasteiger partial charge in [-0.15, -0.1) is 0 Å². The zero-order valence-corrected chi connectivity index (χ0v) is 84.0. The average Bonchev–Trinajstić information content (AvgIpc) is 1.65. The SMILES string of the molecule is CC(C)(C)n1c(-c2ccccc2)n[nH]c1=S.Cc1cc(C)cc(-c2n[nH]c(=S)n2CCc2ccccc2)c1.Cc1ccc(-c2n[nH]c(=S)n2CCc2ccccc2)cc1.Cc1n[nH]c(=S)n1C.Cn1c(-c2ccccc2)n[nH]c1=S.Cn1c(=S)[nH][nH]c1=S.S=c1[nH]c2ccccc2n1-c1ccccc1.S=c1[nH]nc(-c2ccccc2)n1Cc1ccccc1.S=c1[nH]ncn1-c1ccccc1. The summed E-state index contributed by atoms with van der Waals surface area (Å²) < 4.78 is 23.9. The molecule has 0 saturated carbocycles. The van der Waals surface area contributed by atoms with Gasteiger partial charge in [-0.25, -0.2) is 0 Å². The van der Waals surface area contributed by atoms with Crippen molar-refractivity contribution in [2.45, 2.75) is 86.5 Å². The van der Waals surface area contributed by atoms with Crippen LogP contribution in [0.2, 0.25) is 0 Å². The number of aromatic nitrogens is 26. The first-order chi connectivity index (χ1) is 65.2. The number of hydrogen-bond acceptors (Lipinski definition) is 17. The van der Waals surface area contributed by atoms with Crippen molar-refractivity contribution in [1.29, 1.82) is 0 Å². The number of para-hydroxylation sites is 4. The second-order valence-corrected chi connectivity index (χ2v) is 35.4. The van der Waals surface area contributed by atoms with E-state index in [1.807, 2.05) is 236 Å². The molecule has 0 radical (unpaired) electrons.